The quantitative estimate of drug-likeness (QED) is 0.910. The molecule has 2 nitrogen and oxygen atoms in total. The molecule has 0 aliphatic heterocycles. The van der Waals surface area contributed by atoms with Gasteiger partial charge >= 0.3 is 5.97 Å². The van der Waals surface area contributed by atoms with Crippen LogP contribution in [0.3, 0.4) is 0 Å². The molecule has 1 unspecified atom stereocenters. The van der Waals surface area contributed by atoms with Crippen LogP contribution in [0.4, 0.5) is 8.78 Å². The highest BCUT2D eigenvalue weighted by molar-refractivity contribution is 5.71. The van der Waals surface area contributed by atoms with Crippen molar-refractivity contribution in [1.82, 2.24) is 0 Å². The molecule has 1 atom stereocenters. The van der Waals surface area contributed by atoms with E-state index in [9.17, 15) is 18.7 Å². The fourth-order valence-electron chi connectivity index (χ4n) is 2.28. The number of carboxylic acids is 1. The summed E-state index contributed by atoms with van der Waals surface area (Å²) >= 11 is 0. The number of aryl methyl sites for hydroxylation is 1. The molecule has 0 bridgehead atoms. The maximum absolute atomic E-state index is 13.3. The Morgan fingerprint density at radius 1 is 1.05 bits per heavy atom. The molecule has 0 amide bonds. The topological polar surface area (TPSA) is 37.3 Å². The second-order valence-electron chi connectivity index (χ2n) is 5.14. The van der Waals surface area contributed by atoms with Gasteiger partial charge in [0.1, 0.15) is 11.6 Å². The molecule has 2 aromatic carbocycles. The number of hydrogen-bond donors (Lipinski definition) is 1. The molecule has 0 saturated carbocycles. The zero-order valence-corrected chi connectivity index (χ0v) is 11.6. The monoisotopic (exact) mass is 290 g/mol. The zero-order chi connectivity index (χ0) is 15.4. The smallest absolute Gasteiger partial charge is 0.307 e. The lowest BCUT2D eigenvalue weighted by atomic mass is 9.91. The summed E-state index contributed by atoms with van der Waals surface area (Å²) in [6.45, 7) is 1.82. The van der Waals surface area contributed by atoms with Gasteiger partial charge in [0.2, 0.25) is 0 Å². The lowest BCUT2D eigenvalue weighted by molar-refractivity contribution is -0.141. The van der Waals surface area contributed by atoms with Crippen LogP contribution >= 0.6 is 0 Å². The van der Waals surface area contributed by atoms with Gasteiger partial charge in [0.25, 0.3) is 0 Å². The molecule has 0 aliphatic rings. The standard InChI is InChI=1S/C17H16F2O2/c1-11-2-5-16(19)10-13(11)9-14(17(20)21)8-12-3-6-15(18)7-4-12/h2-7,10,14H,8-9H2,1H3,(H,20,21). The molecular weight excluding hydrogens is 274 g/mol. The summed E-state index contributed by atoms with van der Waals surface area (Å²) in [4.78, 5) is 11.4. The molecule has 110 valence electrons. The summed E-state index contributed by atoms with van der Waals surface area (Å²) in [6, 6.07) is 10.1. The van der Waals surface area contributed by atoms with Crippen LogP contribution in [0.1, 0.15) is 16.7 Å². The molecule has 21 heavy (non-hydrogen) atoms. The van der Waals surface area contributed by atoms with Crippen molar-refractivity contribution in [1.29, 1.82) is 0 Å². The second kappa shape index (κ2) is 6.48. The van der Waals surface area contributed by atoms with Gasteiger partial charge in [-0.2, -0.15) is 0 Å². The minimum atomic E-state index is -0.942. The molecule has 0 fully saturated rings. The molecule has 1 N–H and O–H groups in total. The van der Waals surface area contributed by atoms with Crippen molar-refractivity contribution >= 4 is 5.97 Å². The van der Waals surface area contributed by atoms with Gasteiger partial charge in [-0.1, -0.05) is 18.2 Å². The van der Waals surface area contributed by atoms with E-state index in [-0.39, 0.29) is 24.5 Å². The van der Waals surface area contributed by atoms with Gasteiger partial charge in [-0.3, -0.25) is 4.79 Å². The molecule has 0 aliphatic carbocycles. The van der Waals surface area contributed by atoms with Gasteiger partial charge in [0.05, 0.1) is 5.92 Å². The third-order valence-corrected chi connectivity index (χ3v) is 3.52. The average Bonchev–Trinajstić information content (AvgIpc) is 2.44. The summed E-state index contributed by atoms with van der Waals surface area (Å²) < 4.78 is 26.1. The Labute approximate surface area is 122 Å². The van der Waals surface area contributed by atoms with E-state index in [1.807, 2.05) is 6.92 Å². The summed E-state index contributed by atoms with van der Waals surface area (Å²) in [6.07, 6.45) is 0.530. The van der Waals surface area contributed by atoms with Gasteiger partial charge in [-0.15, -0.1) is 0 Å². The molecule has 2 aromatic rings. The zero-order valence-electron chi connectivity index (χ0n) is 11.6. The Morgan fingerprint density at radius 3 is 2.29 bits per heavy atom. The van der Waals surface area contributed by atoms with Crippen molar-refractivity contribution in [2.45, 2.75) is 19.8 Å². The predicted molar refractivity (Wildman–Crippen MR) is 76.1 cm³/mol. The molecule has 4 heteroatoms. The van der Waals surface area contributed by atoms with Crippen molar-refractivity contribution in [3.63, 3.8) is 0 Å². The van der Waals surface area contributed by atoms with Crippen molar-refractivity contribution < 1.29 is 18.7 Å². The minimum absolute atomic E-state index is 0.246. The van der Waals surface area contributed by atoms with Crippen molar-refractivity contribution in [3.8, 4) is 0 Å². The minimum Gasteiger partial charge on any atom is -0.481 e. The van der Waals surface area contributed by atoms with E-state index in [0.29, 0.717) is 5.56 Å². The number of benzene rings is 2. The fourth-order valence-corrected chi connectivity index (χ4v) is 2.28. The summed E-state index contributed by atoms with van der Waals surface area (Å²) in [5.74, 6) is -2.34. The van der Waals surface area contributed by atoms with Crippen LogP contribution in [0.2, 0.25) is 0 Å². The highest BCUT2D eigenvalue weighted by Crippen LogP contribution is 2.19. The first kappa shape index (κ1) is 15.2. The molecule has 0 radical (unpaired) electrons. The maximum atomic E-state index is 13.3. The van der Waals surface area contributed by atoms with Crippen LogP contribution in [0.15, 0.2) is 42.5 Å². The van der Waals surface area contributed by atoms with Crippen molar-refractivity contribution in [3.05, 3.63) is 70.8 Å². The van der Waals surface area contributed by atoms with Gasteiger partial charge < -0.3 is 5.11 Å². The van der Waals surface area contributed by atoms with E-state index in [4.69, 9.17) is 0 Å². The number of carboxylic acid groups (broad SMARTS) is 1. The number of aliphatic carboxylic acids is 1. The van der Waals surface area contributed by atoms with Gasteiger partial charge in [0.15, 0.2) is 0 Å². The molecule has 0 aromatic heterocycles. The predicted octanol–water partition coefficient (Wildman–Crippen LogP) is 3.76. The van der Waals surface area contributed by atoms with Crippen LogP contribution in [0.5, 0.6) is 0 Å². The maximum Gasteiger partial charge on any atom is 0.307 e. The molecule has 0 spiro atoms. The lowest BCUT2D eigenvalue weighted by Crippen LogP contribution is -2.19. The number of rotatable bonds is 5. The van der Waals surface area contributed by atoms with E-state index in [0.717, 1.165) is 11.1 Å². The Morgan fingerprint density at radius 2 is 1.67 bits per heavy atom. The Balaban J connectivity index is 2.17. The van der Waals surface area contributed by atoms with E-state index < -0.39 is 11.9 Å². The summed E-state index contributed by atoms with van der Waals surface area (Å²) in [5.41, 5.74) is 2.30. The highest BCUT2D eigenvalue weighted by atomic mass is 19.1. The SMILES string of the molecule is Cc1ccc(F)cc1CC(Cc1ccc(F)cc1)C(=O)O. The lowest BCUT2D eigenvalue weighted by Gasteiger charge is -2.14. The van der Waals surface area contributed by atoms with Crippen LogP contribution in [0.25, 0.3) is 0 Å². The van der Waals surface area contributed by atoms with Crippen LogP contribution in [0, 0.1) is 24.5 Å². The van der Waals surface area contributed by atoms with E-state index in [1.54, 1.807) is 18.2 Å². The van der Waals surface area contributed by atoms with Gasteiger partial charge in [0, 0.05) is 0 Å². The Bertz CT molecular complexity index is 636. The number of halogens is 2. The van der Waals surface area contributed by atoms with E-state index in [2.05, 4.69) is 0 Å². The molecule has 2 rings (SSSR count). The number of hydrogen-bond acceptors (Lipinski definition) is 1. The third-order valence-electron chi connectivity index (χ3n) is 3.52. The summed E-state index contributed by atoms with van der Waals surface area (Å²) in [5, 5.41) is 9.34. The second-order valence-corrected chi connectivity index (χ2v) is 5.14. The normalized spacial score (nSPS) is 12.1. The van der Waals surface area contributed by atoms with Crippen LogP contribution in [-0.4, -0.2) is 11.1 Å². The highest BCUT2D eigenvalue weighted by Gasteiger charge is 2.20. The van der Waals surface area contributed by atoms with Crippen LogP contribution in [-0.2, 0) is 17.6 Å². The van der Waals surface area contributed by atoms with Gasteiger partial charge in [-0.05, 0) is 60.7 Å². The van der Waals surface area contributed by atoms with Crippen molar-refractivity contribution in [2.24, 2.45) is 5.92 Å². The largest absolute Gasteiger partial charge is 0.481 e. The third kappa shape index (κ3) is 4.12. The number of carbonyl (C=O) groups is 1. The van der Waals surface area contributed by atoms with Crippen LogP contribution < -0.4 is 0 Å². The molecule has 0 heterocycles. The van der Waals surface area contributed by atoms with Crippen molar-refractivity contribution in [2.75, 3.05) is 0 Å². The fraction of sp³-hybridized carbons (Fsp3) is 0.235. The Kier molecular flexibility index (Phi) is 4.68. The van der Waals surface area contributed by atoms with E-state index >= 15 is 0 Å². The Hall–Kier alpha value is -2.23. The first-order chi connectivity index (χ1) is 9.95. The first-order valence-electron chi connectivity index (χ1n) is 6.68. The molecule has 0 saturated heterocycles. The van der Waals surface area contributed by atoms with E-state index in [1.165, 1.54) is 24.3 Å². The van der Waals surface area contributed by atoms with Gasteiger partial charge in [-0.25, -0.2) is 8.78 Å². The first-order valence-corrected chi connectivity index (χ1v) is 6.68. The average molecular weight is 290 g/mol. The summed E-state index contributed by atoms with van der Waals surface area (Å²) in [7, 11) is 0. The molecular formula is C17H16F2O2.